The van der Waals surface area contributed by atoms with Crippen molar-refractivity contribution in [3.05, 3.63) is 35.4 Å². The molecule has 0 spiro atoms. The molecule has 0 radical (unpaired) electrons. The van der Waals surface area contributed by atoms with Crippen LogP contribution in [0, 0.1) is 11.3 Å². The first-order valence-electron chi connectivity index (χ1n) is 8.28. The normalized spacial score (nSPS) is 15.1. The summed E-state index contributed by atoms with van der Waals surface area (Å²) in [7, 11) is 0. The van der Waals surface area contributed by atoms with Gasteiger partial charge in [0.25, 0.3) is 0 Å². The Balaban J connectivity index is 1.76. The van der Waals surface area contributed by atoms with Crippen LogP contribution in [0.15, 0.2) is 24.3 Å². The molecule has 0 aliphatic heterocycles. The first kappa shape index (κ1) is 16.1. The average molecular weight is 288 g/mol. The fourth-order valence-corrected chi connectivity index (χ4v) is 2.78. The Labute approximate surface area is 128 Å². The SMILES string of the molecule is CC(C)(CCCc1cccc(CCCC2CC2)c1)C(=O)O. The minimum Gasteiger partial charge on any atom is -0.481 e. The number of carboxylic acids is 1. The van der Waals surface area contributed by atoms with Gasteiger partial charge >= 0.3 is 5.97 Å². The van der Waals surface area contributed by atoms with E-state index in [0.717, 1.165) is 25.2 Å². The highest BCUT2D eigenvalue weighted by Gasteiger charge is 2.26. The molecule has 1 saturated carbocycles. The molecule has 21 heavy (non-hydrogen) atoms. The van der Waals surface area contributed by atoms with Gasteiger partial charge in [-0.2, -0.15) is 0 Å². The van der Waals surface area contributed by atoms with Crippen LogP contribution in [-0.2, 0) is 17.6 Å². The Morgan fingerprint density at radius 3 is 2.38 bits per heavy atom. The lowest BCUT2D eigenvalue weighted by Gasteiger charge is -2.18. The number of rotatable bonds is 9. The molecule has 2 nitrogen and oxygen atoms in total. The predicted octanol–water partition coefficient (Wildman–Crippen LogP) is 4.85. The molecule has 0 saturated heterocycles. The van der Waals surface area contributed by atoms with Crippen LogP contribution in [0.1, 0.15) is 63.5 Å². The first-order chi connectivity index (χ1) is 9.97. The molecule has 0 bridgehead atoms. The maximum atomic E-state index is 11.1. The van der Waals surface area contributed by atoms with Gasteiger partial charge in [-0.3, -0.25) is 4.79 Å². The van der Waals surface area contributed by atoms with Gasteiger partial charge in [0.2, 0.25) is 0 Å². The zero-order valence-corrected chi connectivity index (χ0v) is 13.4. The van der Waals surface area contributed by atoms with E-state index in [1.54, 1.807) is 0 Å². The van der Waals surface area contributed by atoms with Gasteiger partial charge in [0.15, 0.2) is 0 Å². The van der Waals surface area contributed by atoms with Gasteiger partial charge in [-0.25, -0.2) is 0 Å². The monoisotopic (exact) mass is 288 g/mol. The number of aryl methyl sites for hydroxylation is 2. The first-order valence-corrected chi connectivity index (χ1v) is 8.28. The molecule has 2 rings (SSSR count). The molecule has 0 atom stereocenters. The molecule has 2 heteroatoms. The largest absolute Gasteiger partial charge is 0.481 e. The van der Waals surface area contributed by atoms with Crippen molar-refractivity contribution in [2.45, 2.75) is 65.2 Å². The summed E-state index contributed by atoms with van der Waals surface area (Å²) in [5.74, 6) is 0.322. The van der Waals surface area contributed by atoms with Crippen molar-refractivity contribution in [2.75, 3.05) is 0 Å². The van der Waals surface area contributed by atoms with Gasteiger partial charge < -0.3 is 5.11 Å². The quantitative estimate of drug-likeness (QED) is 0.705. The molecule has 116 valence electrons. The topological polar surface area (TPSA) is 37.3 Å². The number of benzene rings is 1. The zero-order valence-electron chi connectivity index (χ0n) is 13.4. The average Bonchev–Trinajstić information content (AvgIpc) is 3.23. The molecular weight excluding hydrogens is 260 g/mol. The van der Waals surface area contributed by atoms with E-state index < -0.39 is 11.4 Å². The summed E-state index contributed by atoms with van der Waals surface area (Å²) in [6.07, 6.45) is 9.41. The molecule has 0 amide bonds. The van der Waals surface area contributed by atoms with E-state index >= 15 is 0 Å². The second kappa shape index (κ2) is 7.11. The third-order valence-corrected chi connectivity index (χ3v) is 4.61. The van der Waals surface area contributed by atoms with Crippen molar-refractivity contribution >= 4 is 5.97 Å². The van der Waals surface area contributed by atoms with Crippen molar-refractivity contribution in [1.29, 1.82) is 0 Å². The molecule has 0 unspecified atom stereocenters. The molecule has 1 aromatic carbocycles. The lowest BCUT2D eigenvalue weighted by molar-refractivity contribution is -0.147. The highest BCUT2D eigenvalue weighted by molar-refractivity contribution is 5.73. The van der Waals surface area contributed by atoms with Crippen molar-refractivity contribution in [3.63, 3.8) is 0 Å². The Hall–Kier alpha value is -1.31. The number of carboxylic acid groups (broad SMARTS) is 1. The minimum absolute atomic E-state index is 0.609. The predicted molar refractivity (Wildman–Crippen MR) is 86.5 cm³/mol. The van der Waals surface area contributed by atoms with Gasteiger partial charge in [0, 0.05) is 0 Å². The molecule has 1 aliphatic rings. The smallest absolute Gasteiger partial charge is 0.309 e. The summed E-state index contributed by atoms with van der Waals surface area (Å²) in [5.41, 5.74) is 2.17. The Bertz CT molecular complexity index is 472. The van der Waals surface area contributed by atoms with Gasteiger partial charge in [-0.1, -0.05) is 43.5 Å². The maximum absolute atomic E-state index is 11.1. The van der Waals surface area contributed by atoms with Crippen LogP contribution < -0.4 is 0 Å². The van der Waals surface area contributed by atoms with Crippen LogP contribution in [0.25, 0.3) is 0 Å². The fraction of sp³-hybridized carbons (Fsp3) is 0.632. The number of hydrogen-bond acceptors (Lipinski definition) is 1. The summed E-state index contributed by atoms with van der Waals surface area (Å²) < 4.78 is 0. The fourth-order valence-electron chi connectivity index (χ4n) is 2.78. The van der Waals surface area contributed by atoms with Crippen LogP contribution in [0.4, 0.5) is 0 Å². The summed E-state index contributed by atoms with van der Waals surface area (Å²) in [6.45, 7) is 3.62. The van der Waals surface area contributed by atoms with E-state index in [9.17, 15) is 4.79 Å². The summed E-state index contributed by atoms with van der Waals surface area (Å²) in [4.78, 5) is 11.1. The van der Waals surface area contributed by atoms with E-state index in [2.05, 4.69) is 24.3 Å². The van der Waals surface area contributed by atoms with Crippen molar-refractivity contribution in [1.82, 2.24) is 0 Å². The van der Waals surface area contributed by atoms with Crippen LogP contribution in [0.3, 0.4) is 0 Å². The lowest BCUT2D eigenvalue weighted by atomic mass is 9.86. The van der Waals surface area contributed by atoms with Crippen LogP contribution in [0.5, 0.6) is 0 Å². The summed E-state index contributed by atoms with van der Waals surface area (Å²) in [6, 6.07) is 8.83. The van der Waals surface area contributed by atoms with Crippen LogP contribution in [-0.4, -0.2) is 11.1 Å². The third-order valence-electron chi connectivity index (χ3n) is 4.61. The van der Waals surface area contributed by atoms with E-state index in [4.69, 9.17) is 5.11 Å². The van der Waals surface area contributed by atoms with E-state index in [-0.39, 0.29) is 0 Å². The zero-order chi connectivity index (χ0) is 15.3. The van der Waals surface area contributed by atoms with Gasteiger partial charge in [0.1, 0.15) is 0 Å². The molecule has 0 aromatic heterocycles. The number of carbonyl (C=O) groups is 1. The molecule has 1 fully saturated rings. The second-order valence-electron chi connectivity index (χ2n) is 7.20. The van der Waals surface area contributed by atoms with Crippen molar-refractivity contribution in [3.8, 4) is 0 Å². The Kier molecular flexibility index (Phi) is 5.44. The molecule has 0 heterocycles. The van der Waals surface area contributed by atoms with E-state index in [0.29, 0.717) is 0 Å². The van der Waals surface area contributed by atoms with Gasteiger partial charge in [-0.15, -0.1) is 0 Å². The minimum atomic E-state index is -0.698. The molecular formula is C19H28O2. The number of hydrogen-bond donors (Lipinski definition) is 1. The Morgan fingerprint density at radius 1 is 1.19 bits per heavy atom. The third kappa shape index (κ3) is 5.53. The van der Waals surface area contributed by atoms with Crippen LogP contribution >= 0.6 is 0 Å². The van der Waals surface area contributed by atoms with E-state index in [1.807, 2.05) is 13.8 Å². The summed E-state index contributed by atoms with van der Waals surface area (Å²) in [5, 5.41) is 9.13. The molecule has 1 N–H and O–H groups in total. The van der Waals surface area contributed by atoms with Gasteiger partial charge in [0.05, 0.1) is 5.41 Å². The second-order valence-corrected chi connectivity index (χ2v) is 7.20. The Morgan fingerprint density at radius 2 is 1.81 bits per heavy atom. The standard InChI is InChI=1S/C19H28O2/c1-19(2,18(20)21)13-5-10-17-9-4-8-16(14-17)7-3-6-15-11-12-15/h4,8-9,14-15H,3,5-7,10-13H2,1-2H3,(H,20,21). The number of aliphatic carboxylic acids is 1. The highest BCUT2D eigenvalue weighted by Crippen LogP contribution is 2.33. The van der Waals surface area contributed by atoms with Gasteiger partial charge in [-0.05, 0) is 63.0 Å². The maximum Gasteiger partial charge on any atom is 0.309 e. The molecule has 1 aromatic rings. The van der Waals surface area contributed by atoms with Crippen molar-refractivity contribution in [2.24, 2.45) is 11.3 Å². The lowest BCUT2D eigenvalue weighted by Crippen LogP contribution is -2.23. The van der Waals surface area contributed by atoms with Crippen LogP contribution in [0.2, 0.25) is 0 Å². The highest BCUT2D eigenvalue weighted by atomic mass is 16.4. The molecule has 1 aliphatic carbocycles. The van der Waals surface area contributed by atoms with Crippen molar-refractivity contribution < 1.29 is 9.90 Å². The van der Waals surface area contributed by atoms with E-state index in [1.165, 1.54) is 43.2 Å². The summed E-state index contributed by atoms with van der Waals surface area (Å²) >= 11 is 0.